The van der Waals surface area contributed by atoms with Gasteiger partial charge in [-0.3, -0.25) is 0 Å². The quantitative estimate of drug-likeness (QED) is 0.791. The van der Waals surface area contributed by atoms with E-state index in [4.69, 9.17) is 4.98 Å². The second-order valence-electron chi connectivity index (χ2n) is 5.74. The van der Waals surface area contributed by atoms with E-state index in [0.717, 1.165) is 30.8 Å². The normalized spacial score (nSPS) is 15.2. The van der Waals surface area contributed by atoms with Gasteiger partial charge in [-0.2, -0.15) is 0 Å². The van der Waals surface area contributed by atoms with Gasteiger partial charge < -0.3 is 15.1 Å². The molecule has 0 bridgehead atoms. The summed E-state index contributed by atoms with van der Waals surface area (Å²) in [5, 5.41) is 4.73. The van der Waals surface area contributed by atoms with E-state index in [1.165, 1.54) is 29.8 Å². The standard InChI is InChI=1S/C14H26N4S/c1-11-13(10-15-12-6-7-12)19-14(16-11)18(4)9-5-8-17(2)3/h12,15H,5-10H2,1-4H3. The van der Waals surface area contributed by atoms with Crippen LogP contribution in [0.3, 0.4) is 0 Å². The summed E-state index contributed by atoms with van der Waals surface area (Å²) in [5.41, 5.74) is 1.19. The Balaban J connectivity index is 1.82. The number of nitrogens with one attached hydrogen (secondary N) is 1. The van der Waals surface area contributed by atoms with Crippen molar-refractivity contribution in [2.45, 2.75) is 38.8 Å². The fourth-order valence-corrected chi connectivity index (χ4v) is 2.98. The van der Waals surface area contributed by atoms with Crippen molar-refractivity contribution < 1.29 is 0 Å². The van der Waals surface area contributed by atoms with Crippen LogP contribution in [0.15, 0.2) is 0 Å². The number of anilines is 1. The SMILES string of the molecule is Cc1nc(N(C)CCCN(C)C)sc1CNC1CC1. The molecule has 1 heterocycles. The third-order valence-corrected chi connectivity index (χ3v) is 4.71. The zero-order chi connectivity index (χ0) is 13.8. The lowest BCUT2D eigenvalue weighted by Crippen LogP contribution is -2.23. The Labute approximate surface area is 120 Å². The van der Waals surface area contributed by atoms with Gasteiger partial charge in [0, 0.05) is 31.1 Å². The van der Waals surface area contributed by atoms with Gasteiger partial charge in [0.05, 0.1) is 5.69 Å². The van der Waals surface area contributed by atoms with Crippen LogP contribution in [0.25, 0.3) is 0 Å². The van der Waals surface area contributed by atoms with Gasteiger partial charge in [0.25, 0.3) is 0 Å². The molecule has 0 amide bonds. The van der Waals surface area contributed by atoms with E-state index in [1.807, 2.05) is 11.3 Å². The lowest BCUT2D eigenvalue weighted by Gasteiger charge is -2.17. The average Bonchev–Trinajstić information content (AvgIpc) is 3.09. The summed E-state index contributed by atoms with van der Waals surface area (Å²) in [5.74, 6) is 0. The van der Waals surface area contributed by atoms with E-state index in [2.05, 4.69) is 43.2 Å². The predicted molar refractivity (Wildman–Crippen MR) is 83.2 cm³/mol. The molecule has 1 saturated carbocycles. The molecule has 1 aromatic heterocycles. The molecule has 5 heteroatoms. The summed E-state index contributed by atoms with van der Waals surface area (Å²) >= 11 is 1.83. The lowest BCUT2D eigenvalue weighted by atomic mass is 10.4. The number of rotatable bonds is 8. The first-order valence-corrected chi connectivity index (χ1v) is 7.93. The highest BCUT2D eigenvalue weighted by Crippen LogP contribution is 2.27. The van der Waals surface area contributed by atoms with E-state index in [9.17, 15) is 0 Å². The first-order chi connectivity index (χ1) is 9.06. The predicted octanol–water partition coefficient (Wildman–Crippen LogP) is 2.09. The molecule has 19 heavy (non-hydrogen) atoms. The van der Waals surface area contributed by atoms with Crippen molar-refractivity contribution in [1.29, 1.82) is 0 Å². The van der Waals surface area contributed by atoms with Gasteiger partial charge in [0.2, 0.25) is 0 Å². The van der Waals surface area contributed by atoms with Crippen LogP contribution >= 0.6 is 11.3 Å². The van der Waals surface area contributed by atoms with Crippen molar-refractivity contribution in [3.8, 4) is 0 Å². The van der Waals surface area contributed by atoms with E-state index in [0.29, 0.717) is 0 Å². The largest absolute Gasteiger partial charge is 0.351 e. The van der Waals surface area contributed by atoms with Crippen molar-refractivity contribution in [2.24, 2.45) is 0 Å². The molecule has 2 rings (SSSR count). The lowest BCUT2D eigenvalue weighted by molar-refractivity contribution is 0.401. The molecule has 0 atom stereocenters. The van der Waals surface area contributed by atoms with Gasteiger partial charge >= 0.3 is 0 Å². The van der Waals surface area contributed by atoms with Crippen molar-refractivity contribution in [3.63, 3.8) is 0 Å². The van der Waals surface area contributed by atoms with Crippen LogP contribution in [0.4, 0.5) is 5.13 Å². The maximum absolute atomic E-state index is 4.70. The topological polar surface area (TPSA) is 31.4 Å². The monoisotopic (exact) mass is 282 g/mol. The molecule has 0 saturated heterocycles. The van der Waals surface area contributed by atoms with Gasteiger partial charge in [-0.25, -0.2) is 4.98 Å². The molecule has 0 radical (unpaired) electrons. The van der Waals surface area contributed by atoms with E-state index in [1.54, 1.807) is 0 Å². The minimum Gasteiger partial charge on any atom is -0.351 e. The number of nitrogens with zero attached hydrogens (tertiary/aromatic N) is 3. The highest BCUT2D eigenvalue weighted by molar-refractivity contribution is 7.15. The maximum atomic E-state index is 4.70. The fraction of sp³-hybridized carbons (Fsp3) is 0.786. The Morgan fingerprint density at radius 2 is 2.00 bits per heavy atom. The molecule has 0 unspecified atom stereocenters. The summed E-state index contributed by atoms with van der Waals surface area (Å²) in [6.45, 7) is 5.31. The molecule has 1 aliphatic carbocycles. The highest BCUT2D eigenvalue weighted by atomic mass is 32.1. The molecule has 1 fully saturated rings. The minimum absolute atomic E-state index is 0.766. The molecule has 1 aromatic rings. The third-order valence-electron chi connectivity index (χ3n) is 3.44. The van der Waals surface area contributed by atoms with Gasteiger partial charge in [-0.05, 0) is 46.8 Å². The first kappa shape index (κ1) is 14.8. The molecule has 0 aliphatic heterocycles. The Hall–Kier alpha value is -0.650. The van der Waals surface area contributed by atoms with E-state index < -0.39 is 0 Å². The number of hydrogen-bond donors (Lipinski definition) is 1. The molecule has 0 spiro atoms. The van der Waals surface area contributed by atoms with Crippen LogP contribution < -0.4 is 10.2 Å². The van der Waals surface area contributed by atoms with Gasteiger partial charge in [0.1, 0.15) is 0 Å². The zero-order valence-electron chi connectivity index (χ0n) is 12.6. The van der Waals surface area contributed by atoms with Gasteiger partial charge in [-0.1, -0.05) is 0 Å². The second-order valence-corrected chi connectivity index (χ2v) is 6.80. The highest BCUT2D eigenvalue weighted by Gasteiger charge is 2.21. The van der Waals surface area contributed by atoms with Crippen LogP contribution in [0, 0.1) is 6.92 Å². The smallest absolute Gasteiger partial charge is 0.185 e. The molecule has 0 aromatic carbocycles. The average molecular weight is 282 g/mol. The van der Waals surface area contributed by atoms with Gasteiger partial charge in [0.15, 0.2) is 5.13 Å². The first-order valence-electron chi connectivity index (χ1n) is 7.12. The van der Waals surface area contributed by atoms with Crippen LogP contribution in [-0.2, 0) is 6.54 Å². The molecule has 108 valence electrons. The van der Waals surface area contributed by atoms with Crippen molar-refractivity contribution in [3.05, 3.63) is 10.6 Å². The second kappa shape index (κ2) is 6.68. The van der Waals surface area contributed by atoms with Gasteiger partial charge in [-0.15, -0.1) is 11.3 Å². The van der Waals surface area contributed by atoms with E-state index >= 15 is 0 Å². The number of aromatic nitrogens is 1. The van der Waals surface area contributed by atoms with Crippen molar-refractivity contribution >= 4 is 16.5 Å². The molecular formula is C14H26N4S. The van der Waals surface area contributed by atoms with Crippen LogP contribution in [0.1, 0.15) is 29.8 Å². The fourth-order valence-electron chi connectivity index (χ4n) is 1.98. The Kier molecular flexibility index (Phi) is 5.19. The number of aryl methyl sites for hydroxylation is 1. The molecule has 1 N–H and O–H groups in total. The summed E-state index contributed by atoms with van der Waals surface area (Å²) in [7, 11) is 6.39. The Morgan fingerprint density at radius 1 is 1.26 bits per heavy atom. The van der Waals surface area contributed by atoms with Crippen molar-refractivity contribution in [1.82, 2.24) is 15.2 Å². The maximum Gasteiger partial charge on any atom is 0.185 e. The van der Waals surface area contributed by atoms with Crippen LogP contribution in [0.5, 0.6) is 0 Å². The van der Waals surface area contributed by atoms with E-state index in [-0.39, 0.29) is 0 Å². The Morgan fingerprint density at radius 3 is 2.63 bits per heavy atom. The van der Waals surface area contributed by atoms with Crippen LogP contribution in [0.2, 0.25) is 0 Å². The minimum atomic E-state index is 0.766. The van der Waals surface area contributed by atoms with Crippen molar-refractivity contribution in [2.75, 3.05) is 39.1 Å². The summed E-state index contributed by atoms with van der Waals surface area (Å²) in [6, 6.07) is 0.766. The number of thiazole rings is 1. The zero-order valence-corrected chi connectivity index (χ0v) is 13.4. The third kappa shape index (κ3) is 4.75. The summed E-state index contributed by atoms with van der Waals surface area (Å²) in [4.78, 5) is 10.6. The van der Waals surface area contributed by atoms with Crippen LogP contribution in [-0.4, -0.2) is 50.2 Å². The molecule has 4 nitrogen and oxygen atoms in total. The summed E-state index contributed by atoms with van der Waals surface area (Å²) in [6.07, 6.45) is 3.86. The number of hydrogen-bond acceptors (Lipinski definition) is 5. The Bertz CT molecular complexity index is 398. The molecular weight excluding hydrogens is 256 g/mol. The summed E-state index contributed by atoms with van der Waals surface area (Å²) < 4.78 is 0. The molecule has 1 aliphatic rings.